The largest absolute Gasteiger partial charge is 0.379 e. The van der Waals surface area contributed by atoms with E-state index in [2.05, 4.69) is 4.90 Å². The van der Waals surface area contributed by atoms with Crippen molar-refractivity contribution in [3.8, 4) is 0 Å². The second-order valence-electron chi connectivity index (χ2n) is 7.40. The first kappa shape index (κ1) is 20.8. The quantitative estimate of drug-likeness (QED) is 0.490. The fourth-order valence-corrected chi connectivity index (χ4v) is 4.20. The number of carbonyl (C=O) groups is 2. The molecule has 0 saturated carbocycles. The summed E-state index contributed by atoms with van der Waals surface area (Å²) in [5, 5.41) is 0. The highest BCUT2D eigenvalue weighted by molar-refractivity contribution is 7.99. The van der Waals surface area contributed by atoms with Crippen LogP contribution < -0.4 is 0 Å². The van der Waals surface area contributed by atoms with Crippen LogP contribution in [0.15, 0.2) is 59.5 Å². The van der Waals surface area contributed by atoms with E-state index in [4.69, 9.17) is 4.74 Å². The zero-order valence-electron chi connectivity index (χ0n) is 16.5. The molecule has 148 valence electrons. The van der Waals surface area contributed by atoms with Gasteiger partial charge in [-0.15, -0.1) is 11.8 Å². The molecule has 0 unspecified atom stereocenters. The molecule has 2 aromatic carbocycles. The highest BCUT2D eigenvalue weighted by atomic mass is 32.2. The predicted octanol–water partition coefficient (Wildman–Crippen LogP) is 4.35. The maximum absolute atomic E-state index is 13.0. The summed E-state index contributed by atoms with van der Waals surface area (Å²) in [5.74, 6) is 1.01. The number of rotatable bonds is 8. The van der Waals surface area contributed by atoms with Crippen LogP contribution in [0.4, 0.5) is 0 Å². The maximum atomic E-state index is 13.0. The van der Waals surface area contributed by atoms with Gasteiger partial charge in [0.25, 0.3) is 0 Å². The van der Waals surface area contributed by atoms with Crippen LogP contribution in [0.5, 0.6) is 0 Å². The van der Waals surface area contributed by atoms with Crippen molar-refractivity contribution in [2.45, 2.75) is 30.7 Å². The summed E-state index contributed by atoms with van der Waals surface area (Å²) in [5.41, 5.74) is 0.941. The van der Waals surface area contributed by atoms with Gasteiger partial charge in [-0.25, -0.2) is 0 Å². The minimum Gasteiger partial charge on any atom is -0.379 e. The normalized spacial score (nSPS) is 15.4. The van der Waals surface area contributed by atoms with Gasteiger partial charge in [-0.3, -0.25) is 14.5 Å². The fraction of sp³-hybridized carbons (Fsp3) is 0.391. The van der Waals surface area contributed by atoms with E-state index >= 15 is 0 Å². The van der Waals surface area contributed by atoms with E-state index in [0.717, 1.165) is 34.9 Å². The molecule has 5 heteroatoms. The van der Waals surface area contributed by atoms with Crippen molar-refractivity contribution >= 4 is 23.3 Å². The molecule has 28 heavy (non-hydrogen) atoms. The molecular weight excluding hydrogens is 370 g/mol. The minimum atomic E-state index is -0.541. The fourth-order valence-electron chi connectivity index (χ4n) is 3.35. The molecule has 0 amide bonds. The molecule has 0 aromatic heterocycles. The molecule has 1 aliphatic heterocycles. The van der Waals surface area contributed by atoms with E-state index in [1.165, 1.54) is 0 Å². The Kier molecular flexibility index (Phi) is 7.05. The van der Waals surface area contributed by atoms with Crippen molar-refractivity contribution in [1.82, 2.24) is 4.90 Å². The number of nitrogens with zero attached hydrogens (tertiary/aromatic N) is 1. The van der Waals surface area contributed by atoms with Gasteiger partial charge in [-0.05, 0) is 26.0 Å². The number of benzene rings is 2. The van der Waals surface area contributed by atoms with Crippen LogP contribution in [0, 0.1) is 0 Å². The van der Waals surface area contributed by atoms with Crippen LogP contribution in [0.25, 0.3) is 0 Å². The third kappa shape index (κ3) is 5.10. The summed E-state index contributed by atoms with van der Waals surface area (Å²) in [6, 6.07) is 17.1. The monoisotopic (exact) mass is 397 g/mol. The average Bonchev–Trinajstić information content (AvgIpc) is 2.75. The molecule has 1 aliphatic rings. The number of ketones is 2. The third-order valence-corrected chi connectivity index (χ3v) is 6.18. The number of hydrogen-bond donors (Lipinski definition) is 0. The SMILES string of the molecule is CC(C)(C(=O)c1ccc(SCCC(=O)c2ccccc2)cc1)N1CCOCC1. The lowest BCUT2D eigenvalue weighted by Crippen LogP contribution is -2.54. The summed E-state index contributed by atoms with van der Waals surface area (Å²) < 4.78 is 5.40. The van der Waals surface area contributed by atoms with Gasteiger partial charge in [0, 0.05) is 41.3 Å². The second kappa shape index (κ2) is 9.50. The first-order chi connectivity index (χ1) is 13.5. The van der Waals surface area contributed by atoms with Crippen molar-refractivity contribution in [1.29, 1.82) is 0 Å². The van der Waals surface area contributed by atoms with Crippen LogP contribution in [0.1, 0.15) is 41.0 Å². The Bertz CT molecular complexity index is 796. The topological polar surface area (TPSA) is 46.6 Å². The van der Waals surface area contributed by atoms with Crippen molar-refractivity contribution in [3.63, 3.8) is 0 Å². The molecular formula is C23H27NO3S. The van der Waals surface area contributed by atoms with Gasteiger partial charge in [0.1, 0.15) is 0 Å². The molecule has 4 nitrogen and oxygen atoms in total. The van der Waals surface area contributed by atoms with Crippen LogP contribution in [0.2, 0.25) is 0 Å². The number of ether oxygens (including phenoxy) is 1. The Morgan fingerprint density at radius 1 is 0.964 bits per heavy atom. The van der Waals surface area contributed by atoms with Crippen LogP contribution in [-0.4, -0.2) is 54.1 Å². The van der Waals surface area contributed by atoms with Gasteiger partial charge in [0.05, 0.1) is 18.8 Å². The summed E-state index contributed by atoms with van der Waals surface area (Å²) in [6.07, 6.45) is 0.499. The number of Topliss-reactive ketones (excluding diaryl/α,β-unsaturated/α-hetero) is 2. The Morgan fingerprint density at radius 3 is 2.25 bits per heavy atom. The second-order valence-corrected chi connectivity index (χ2v) is 8.57. The van der Waals surface area contributed by atoms with Gasteiger partial charge in [0.15, 0.2) is 11.6 Å². The smallest absolute Gasteiger partial charge is 0.182 e. The third-order valence-electron chi connectivity index (χ3n) is 5.17. The van der Waals surface area contributed by atoms with E-state index < -0.39 is 5.54 Å². The minimum absolute atomic E-state index is 0.130. The van der Waals surface area contributed by atoms with E-state index in [-0.39, 0.29) is 11.6 Å². The van der Waals surface area contributed by atoms with Crippen molar-refractivity contribution < 1.29 is 14.3 Å². The number of thioether (sulfide) groups is 1. The molecule has 0 bridgehead atoms. The Hall–Kier alpha value is -1.95. The van der Waals surface area contributed by atoms with Gasteiger partial charge < -0.3 is 4.74 Å². The standard InChI is InChI=1S/C23H27NO3S/c1-23(2,24-13-15-27-16-14-24)22(26)19-8-10-20(11-9-19)28-17-12-21(25)18-6-4-3-5-7-18/h3-11H,12-17H2,1-2H3. The predicted molar refractivity (Wildman–Crippen MR) is 113 cm³/mol. The van der Waals surface area contributed by atoms with Crippen LogP contribution in [0.3, 0.4) is 0 Å². The molecule has 0 radical (unpaired) electrons. The first-order valence-corrected chi connectivity index (χ1v) is 10.7. The molecule has 0 aliphatic carbocycles. The number of morpholine rings is 1. The van der Waals surface area contributed by atoms with Gasteiger partial charge in [0.2, 0.25) is 0 Å². The molecule has 3 rings (SSSR count). The Morgan fingerprint density at radius 2 is 1.61 bits per heavy atom. The summed E-state index contributed by atoms with van der Waals surface area (Å²) in [4.78, 5) is 28.4. The molecule has 2 aromatic rings. The zero-order valence-corrected chi connectivity index (χ0v) is 17.3. The van der Waals surface area contributed by atoms with E-state index in [1.54, 1.807) is 11.8 Å². The van der Waals surface area contributed by atoms with Crippen molar-refractivity contribution in [3.05, 3.63) is 65.7 Å². The Labute approximate surface area is 171 Å². The highest BCUT2D eigenvalue weighted by Crippen LogP contribution is 2.25. The molecule has 1 fully saturated rings. The highest BCUT2D eigenvalue weighted by Gasteiger charge is 2.35. The molecule has 0 atom stereocenters. The summed E-state index contributed by atoms with van der Waals surface area (Å²) >= 11 is 1.64. The lowest BCUT2D eigenvalue weighted by molar-refractivity contribution is -0.00430. The van der Waals surface area contributed by atoms with E-state index in [0.29, 0.717) is 19.6 Å². The van der Waals surface area contributed by atoms with E-state index in [1.807, 2.05) is 68.4 Å². The average molecular weight is 398 g/mol. The van der Waals surface area contributed by atoms with Gasteiger partial charge in [-0.2, -0.15) is 0 Å². The summed E-state index contributed by atoms with van der Waals surface area (Å²) in [6.45, 7) is 6.88. The lowest BCUT2D eigenvalue weighted by Gasteiger charge is -2.39. The Balaban J connectivity index is 1.54. The van der Waals surface area contributed by atoms with Crippen LogP contribution in [-0.2, 0) is 4.74 Å². The molecule has 0 N–H and O–H groups in total. The van der Waals surface area contributed by atoms with Crippen LogP contribution >= 0.6 is 11.8 Å². The molecule has 1 heterocycles. The summed E-state index contributed by atoms with van der Waals surface area (Å²) in [7, 11) is 0. The lowest BCUT2D eigenvalue weighted by atomic mass is 9.91. The van der Waals surface area contributed by atoms with Gasteiger partial charge in [-0.1, -0.05) is 42.5 Å². The molecule has 0 spiro atoms. The zero-order chi connectivity index (χ0) is 20.0. The van der Waals surface area contributed by atoms with E-state index in [9.17, 15) is 9.59 Å². The van der Waals surface area contributed by atoms with Crippen molar-refractivity contribution in [2.75, 3.05) is 32.1 Å². The van der Waals surface area contributed by atoms with Gasteiger partial charge >= 0.3 is 0 Å². The van der Waals surface area contributed by atoms with Crippen molar-refractivity contribution in [2.24, 2.45) is 0 Å². The maximum Gasteiger partial charge on any atom is 0.182 e. The number of carbonyl (C=O) groups excluding carboxylic acids is 2. The molecule has 1 saturated heterocycles. The number of hydrogen-bond acceptors (Lipinski definition) is 5. The first-order valence-electron chi connectivity index (χ1n) is 9.67.